The van der Waals surface area contributed by atoms with Gasteiger partial charge in [-0.2, -0.15) is 0 Å². The lowest BCUT2D eigenvalue weighted by Crippen LogP contribution is -2.18. The number of benzene rings is 2. The van der Waals surface area contributed by atoms with Gasteiger partial charge in [0.2, 0.25) is 0 Å². The van der Waals surface area contributed by atoms with E-state index in [1.54, 1.807) is 0 Å². The van der Waals surface area contributed by atoms with E-state index in [2.05, 4.69) is 22.5 Å². The molecule has 0 spiro atoms. The predicted molar refractivity (Wildman–Crippen MR) is 104 cm³/mol. The number of nitrogens with one attached hydrogen (secondary N) is 2. The average molecular weight is 346 g/mol. The van der Waals surface area contributed by atoms with Gasteiger partial charge in [-0.05, 0) is 55.3 Å². The molecule has 1 aliphatic carbocycles. The standard InChI is InChI=1S/C22H22N2O2/c25-22(24-19-11-12-21-20(15-19)23-13-14-26-21)18-9-7-17(8-10-18)6-5-16-3-1-2-4-16/h7-12,15-16,23H,1-4,13-14H2,(H,24,25). The molecule has 0 unspecified atom stereocenters. The molecule has 0 bridgehead atoms. The van der Waals surface area contributed by atoms with Gasteiger partial charge in [0.15, 0.2) is 0 Å². The largest absolute Gasteiger partial charge is 0.490 e. The minimum Gasteiger partial charge on any atom is -0.490 e. The maximum Gasteiger partial charge on any atom is 0.255 e. The molecule has 1 aliphatic heterocycles. The molecule has 4 rings (SSSR count). The fourth-order valence-corrected chi connectivity index (χ4v) is 3.38. The van der Waals surface area contributed by atoms with Crippen molar-refractivity contribution >= 4 is 17.3 Å². The number of carbonyl (C=O) groups excluding carboxylic acids is 1. The van der Waals surface area contributed by atoms with E-state index in [4.69, 9.17) is 4.74 Å². The van der Waals surface area contributed by atoms with Crippen molar-refractivity contribution in [2.24, 2.45) is 5.92 Å². The Bertz CT molecular complexity index is 856. The van der Waals surface area contributed by atoms with Crippen LogP contribution in [0.1, 0.15) is 41.6 Å². The first-order valence-electron chi connectivity index (χ1n) is 9.22. The third kappa shape index (κ3) is 3.83. The van der Waals surface area contributed by atoms with E-state index in [-0.39, 0.29) is 5.91 Å². The van der Waals surface area contributed by atoms with Crippen LogP contribution in [0, 0.1) is 17.8 Å². The number of fused-ring (bicyclic) bond motifs is 1. The van der Waals surface area contributed by atoms with E-state index in [9.17, 15) is 4.79 Å². The summed E-state index contributed by atoms with van der Waals surface area (Å²) in [7, 11) is 0. The van der Waals surface area contributed by atoms with Crippen LogP contribution in [0.5, 0.6) is 5.75 Å². The van der Waals surface area contributed by atoms with Crippen molar-refractivity contribution in [1.29, 1.82) is 0 Å². The summed E-state index contributed by atoms with van der Waals surface area (Å²) < 4.78 is 5.55. The summed E-state index contributed by atoms with van der Waals surface area (Å²) in [6.07, 6.45) is 5.02. The van der Waals surface area contributed by atoms with Crippen molar-refractivity contribution in [3.8, 4) is 17.6 Å². The highest BCUT2D eigenvalue weighted by Crippen LogP contribution is 2.30. The van der Waals surface area contributed by atoms with Crippen molar-refractivity contribution in [3.05, 3.63) is 53.6 Å². The molecule has 26 heavy (non-hydrogen) atoms. The zero-order valence-electron chi connectivity index (χ0n) is 14.7. The van der Waals surface area contributed by atoms with E-state index < -0.39 is 0 Å². The molecule has 1 heterocycles. The van der Waals surface area contributed by atoms with Gasteiger partial charge in [-0.25, -0.2) is 0 Å². The van der Waals surface area contributed by atoms with Crippen LogP contribution in [-0.4, -0.2) is 19.1 Å². The maximum atomic E-state index is 12.5. The number of amides is 1. The van der Waals surface area contributed by atoms with Crippen LogP contribution >= 0.6 is 0 Å². The summed E-state index contributed by atoms with van der Waals surface area (Å²) in [5.74, 6) is 7.81. The molecule has 4 heteroatoms. The Hall–Kier alpha value is -2.93. The molecule has 0 aromatic heterocycles. The van der Waals surface area contributed by atoms with Gasteiger partial charge in [-0.1, -0.05) is 24.7 Å². The number of hydrogen-bond donors (Lipinski definition) is 2. The average Bonchev–Trinajstić information content (AvgIpc) is 3.20. The smallest absolute Gasteiger partial charge is 0.255 e. The molecule has 1 saturated carbocycles. The van der Waals surface area contributed by atoms with Gasteiger partial charge >= 0.3 is 0 Å². The van der Waals surface area contributed by atoms with E-state index in [1.165, 1.54) is 25.7 Å². The summed E-state index contributed by atoms with van der Waals surface area (Å²) in [4.78, 5) is 12.5. The number of rotatable bonds is 2. The SMILES string of the molecule is O=C(Nc1ccc2c(c1)NCCO2)c1ccc(C#CC2CCCC2)cc1. The third-order valence-electron chi connectivity index (χ3n) is 4.84. The fraction of sp³-hybridized carbons (Fsp3) is 0.318. The van der Waals surface area contributed by atoms with Crippen LogP contribution in [0.25, 0.3) is 0 Å². The van der Waals surface area contributed by atoms with Crippen molar-refractivity contribution in [2.45, 2.75) is 25.7 Å². The minimum atomic E-state index is -0.128. The summed E-state index contributed by atoms with van der Waals surface area (Å²) >= 11 is 0. The van der Waals surface area contributed by atoms with Crippen LogP contribution in [0.2, 0.25) is 0 Å². The van der Waals surface area contributed by atoms with Crippen LogP contribution in [0.4, 0.5) is 11.4 Å². The normalized spacial score (nSPS) is 15.8. The molecule has 0 radical (unpaired) electrons. The Morgan fingerprint density at radius 3 is 2.73 bits per heavy atom. The number of carbonyl (C=O) groups is 1. The van der Waals surface area contributed by atoms with Crippen LogP contribution in [0.3, 0.4) is 0 Å². The number of hydrogen-bond acceptors (Lipinski definition) is 3. The topological polar surface area (TPSA) is 50.4 Å². The highest BCUT2D eigenvalue weighted by Gasteiger charge is 2.13. The van der Waals surface area contributed by atoms with Crippen molar-refractivity contribution < 1.29 is 9.53 Å². The molecule has 0 saturated heterocycles. The van der Waals surface area contributed by atoms with Crippen molar-refractivity contribution in [1.82, 2.24) is 0 Å². The lowest BCUT2D eigenvalue weighted by atomic mass is 10.1. The summed E-state index contributed by atoms with van der Waals surface area (Å²) in [6.45, 7) is 1.43. The highest BCUT2D eigenvalue weighted by molar-refractivity contribution is 6.04. The quantitative estimate of drug-likeness (QED) is 0.798. The Morgan fingerprint density at radius 2 is 1.92 bits per heavy atom. The van der Waals surface area contributed by atoms with Gasteiger partial charge in [0, 0.05) is 29.3 Å². The summed E-state index contributed by atoms with van der Waals surface area (Å²) in [6, 6.07) is 13.1. The fourth-order valence-electron chi connectivity index (χ4n) is 3.38. The molecular weight excluding hydrogens is 324 g/mol. The maximum absolute atomic E-state index is 12.5. The molecule has 132 valence electrons. The lowest BCUT2D eigenvalue weighted by molar-refractivity contribution is 0.102. The Labute approximate surface area is 154 Å². The molecule has 0 atom stereocenters. The Kier molecular flexibility index (Phi) is 4.79. The van der Waals surface area contributed by atoms with Crippen LogP contribution in [0.15, 0.2) is 42.5 Å². The van der Waals surface area contributed by atoms with Gasteiger partial charge in [0.25, 0.3) is 5.91 Å². The van der Waals surface area contributed by atoms with E-state index in [0.29, 0.717) is 18.1 Å². The van der Waals surface area contributed by atoms with Gasteiger partial charge in [-0.3, -0.25) is 4.79 Å². The first-order chi connectivity index (χ1) is 12.8. The number of anilines is 2. The molecule has 1 amide bonds. The molecule has 2 aromatic carbocycles. The Balaban J connectivity index is 1.41. The summed E-state index contributed by atoms with van der Waals surface area (Å²) in [5.41, 5.74) is 3.24. The zero-order valence-corrected chi connectivity index (χ0v) is 14.7. The van der Waals surface area contributed by atoms with Gasteiger partial charge in [0.05, 0.1) is 5.69 Å². The highest BCUT2D eigenvalue weighted by atomic mass is 16.5. The van der Waals surface area contributed by atoms with E-state index >= 15 is 0 Å². The van der Waals surface area contributed by atoms with Crippen molar-refractivity contribution in [3.63, 3.8) is 0 Å². The second-order valence-electron chi connectivity index (χ2n) is 6.77. The molecule has 2 N–H and O–H groups in total. The van der Waals surface area contributed by atoms with Crippen LogP contribution in [-0.2, 0) is 0 Å². The van der Waals surface area contributed by atoms with Crippen molar-refractivity contribution in [2.75, 3.05) is 23.8 Å². The predicted octanol–water partition coefficient (Wildman–Crippen LogP) is 4.28. The second kappa shape index (κ2) is 7.53. The monoisotopic (exact) mass is 346 g/mol. The molecule has 2 aliphatic rings. The molecule has 2 aromatic rings. The number of ether oxygens (including phenoxy) is 1. The lowest BCUT2D eigenvalue weighted by Gasteiger charge is -2.19. The van der Waals surface area contributed by atoms with Gasteiger partial charge in [-0.15, -0.1) is 0 Å². The molecule has 4 nitrogen and oxygen atoms in total. The summed E-state index contributed by atoms with van der Waals surface area (Å²) in [5, 5.41) is 6.20. The zero-order chi connectivity index (χ0) is 17.8. The first-order valence-corrected chi connectivity index (χ1v) is 9.22. The van der Waals surface area contributed by atoms with Crippen LogP contribution < -0.4 is 15.4 Å². The minimum absolute atomic E-state index is 0.128. The third-order valence-corrected chi connectivity index (χ3v) is 4.84. The van der Waals surface area contributed by atoms with Gasteiger partial charge in [0.1, 0.15) is 12.4 Å². The first kappa shape index (κ1) is 16.5. The molecular formula is C22H22N2O2. The molecule has 1 fully saturated rings. The Morgan fingerprint density at radius 1 is 1.12 bits per heavy atom. The van der Waals surface area contributed by atoms with E-state index in [0.717, 1.165) is 29.2 Å². The van der Waals surface area contributed by atoms with E-state index in [1.807, 2.05) is 42.5 Å². The second-order valence-corrected chi connectivity index (χ2v) is 6.77. The van der Waals surface area contributed by atoms with Gasteiger partial charge < -0.3 is 15.4 Å².